The zero-order valence-corrected chi connectivity index (χ0v) is 17.7. The van der Waals surface area contributed by atoms with Crippen molar-refractivity contribution in [2.75, 3.05) is 16.3 Å². The van der Waals surface area contributed by atoms with Gasteiger partial charge in [0.2, 0.25) is 11.3 Å². The number of fused-ring (bicyclic) bond motifs is 1. The van der Waals surface area contributed by atoms with Crippen molar-refractivity contribution >= 4 is 63.7 Å². The third kappa shape index (κ3) is 4.66. The Balaban J connectivity index is 1.58. The molecule has 0 fully saturated rings. The molecule has 0 amide bonds. The topological polar surface area (TPSA) is 156 Å². The number of halogens is 2. The van der Waals surface area contributed by atoms with Crippen LogP contribution in [0, 0.1) is 17.0 Å². The van der Waals surface area contributed by atoms with Gasteiger partial charge in [-0.2, -0.15) is 15.1 Å². The number of rotatable bonds is 7. The molecule has 162 valence electrons. The smallest absolute Gasteiger partial charge is 0.288 e. The first-order chi connectivity index (χ1) is 15.4. The van der Waals surface area contributed by atoms with Gasteiger partial charge in [-0.15, -0.1) is 0 Å². The second kappa shape index (κ2) is 8.99. The number of aryl methyl sites for hydroxylation is 1. The van der Waals surface area contributed by atoms with Gasteiger partial charge < -0.3 is 0 Å². The zero-order chi connectivity index (χ0) is 22.7. The lowest BCUT2D eigenvalue weighted by Gasteiger charge is -2.11. The molecule has 0 saturated heterocycles. The first-order valence-corrected chi connectivity index (χ1v) is 9.68. The first kappa shape index (κ1) is 21.2. The molecular formula is C18H13Cl2N9O3. The largest absolute Gasteiger partial charge is 0.300 e. The lowest BCUT2D eigenvalue weighted by Crippen LogP contribution is -2.13. The van der Waals surface area contributed by atoms with E-state index in [9.17, 15) is 10.1 Å². The van der Waals surface area contributed by atoms with E-state index in [2.05, 4.69) is 46.3 Å². The molecule has 0 unspecified atom stereocenters. The number of hydrogen-bond donors (Lipinski definition) is 3. The second-order valence-corrected chi connectivity index (χ2v) is 7.21. The Morgan fingerprint density at radius 1 is 1.03 bits per heavy atom. The third-order valence-corrected chi connectivity index (χ3v) is 4.76. The highest BCUT2D eigenvalue weighted by molar-refractivity contribution is 6.37. The van der Waals surface area contributed by atoms with Gasteiger partial charge in [0.25, 0.3) is 5.69 Å². The number of nitro groups is 1. The number of benzene rings is 2. The molecule has 0 aliphatic carbocycles. The number of nitro benzene ring substituents is 1. The normalized spacial score (nSPS) is 11.1. The summed E-state index contributed by atoms with van der Waals surface area (Å²) in [5.74, 6) is 0.433. The molecule has 2 aromatic heterocycles. The number of nitrogens with zero attached hydrogens (tertiary/aromatic N) is 6. The average Bonchev–Trinajstić information content (AvgIpc) is 3.21. The van der Waals surface area contributed by atoms with Crippen molar-refractivity contribution in [3.8, 4) is 0 Å². The van der Waals surface area contributed by atoms with Crippen LogP contribution in [0.1, 0.15) is 11.1 Å². The van der Waals surface area contributed by atoms with Crippen molar-refractivity contribution in [1.82, 2.24) is 20.3 Å². The van der Waals surface area contributed by atoms with Gasteiger partial charge in [0.1, 0.15) is 5.02 Å². The fourth-order valence-electron chi connectivity index (χ4n) is 2.53. The molecule has 0 spiro atoms. The molecule has 4 aromatic rings. The highest BCUT2D eigenvalue weighted by Gasteiger charge is 2.16. The first-order valence-electron chi connectivity index (χ1n) is 8.92. The molecule has 3 N–H and O–H groups in total. The summed E-state index contributed by atoms with van der Waals surface area (Å²) in [7, 11) is 0. The van der Waals surface area contributed by atoms with E-state index in [0.717, 1.165) is 11.3 Å². The molecular weight excluding hydrogens is 461 g/mol. The predicted molar refractivity (Wildman–Crippen MR) is 120 cm³/mol. The summed E-state index contributed by atoms with van der Waals surface area (Å²) in [5, 5.41) is 22.6. The van der Waals surface area contributed by atoms with Gasteiger partial charge in [0.05, 0.1) is 21.8 Å². The van der Waals surface area contributed by atoms with Gasteiger partial charge in [0.15, 0.2) is 11.6 Å². The highest BCUT2D eigenvalue weighted by atomic mass is 35.5. The van der Waals surface area contributed by atoms with Crippen LogP contribution in [0.15, 0.2) is 46.1 Å². The van der Waals surface area contributed by atoms with Gasteiger partial charge in [-0.3, -0.25) is 26.4 Å². The lowest BCUT2D eigenvalue weighted by atomic mass is 10.2. The van der Waals surface area contributed by atoms with Gasteiger partial charge in [-0.05, 0) is 35.4 Å². The van der Waals surface area contributed by atoms with Crippen LogP contribution < -0.4 is 16.3 Å². The van der Waals surface area contributed by atoms with Crippen molar-refractivity contribution in [3.63, 3.8) is 0 Å². The number of nitrogens with one attached hydrogen (secondary N) is 3. The van der Waals surface area contributed by atoms with E-state index >= 15 is 0 Å². The van der Waals surface area contributed by atoms with E-state index in [1.165, 1.54) is 18.3 Å². The number of hydrazone groups is 1. The molecule has 0 aliphatic heterocycles. The van der Waals surface area contributed by atoms with Crippen LogP contribution in [0.4, 0.5) is 23.0 Å². The summed E-state index contributed by atoms with van der Waals surface area (Å²) >= 11 is 11.9. The molecule has 0 bridgehead atoms. The highest BCUT2D eigenvalue weighted by Crippen LogP contribution is 2.30. The van der Waals surface area contributed by atoms with E-state index in [1.807, 2.05) is 31.2 Å². The zero-order valence-electron chi connectivity index (χ0n) is 16.2. The van der Waals surface area contributed by atoms with Crippen LogP contribution in [-0.4, -0.2) is 31.4 Å². The second-order valence-electron chi connectivity index (χ2n) is 6.40. The fourth-order valence-corrected chi connectivity index (χ4v) is 3.03. The Kier molecular flexibility index (Phi) is 5.96. The fraction of sp³-hybridized carbons (Fsp3) is 0.0556. The van der Waals surface area contributed by atoms with Crippen molar-refractivity contribution in [3.05, 3.63) is 67.7 Å². The standard InChI is InChI=1S/C18H13Cl2N9O3/c1-9-2-4-11(5-3-9)24-26-16-15(22-17-18(23-16)28-32-27-17)25-21-8-10-6-14(29(30)31)13(20)7-12(10)19/h2-8,24H,1H3,(H,22,25,27)(H,23,26,28)/b21-8+. The molecule has 0 atom stereocenters. The molecule has 0 aliphatic rings. The van der Waals surface area contributed by atoms with Crippen LogP contribution in [0.25, 0.3) is 11.3 Å². The van der Waals surface area contributed by atoms with E-state index < -0.39 is 4.92 Å². The monoisotopic (exact) mass is 473 g/mol. The quantitative estimate of drug-likeness (QED) is 0.199. The minimum absolute atomic E-state index is 0.0753. The van der Waals surface area contributed by atoms with Crippen molar-refractivity contribution < 1.29 is 9.55 Å². The number of hydrazine groups is 1. The minimum atomic E-state index is -0.612. The van der Waals surface area contributed by atoms with Gasteiger partial charge in [-0.1, -0.05) is 40.9 Å². The van der Waals surface area contributed by atoms with E-state index in [1.54, 1.807) is 0 Å². The molecule has 4 rings (SSSR count). The Hall–Kier alpha value is -4.03. The summed E-state index contributed by atoms with van der Waals surface area (Å²) in [6.07, 6.45) is 1.29. The predicted octanol–water partition coefficient (Wildman–Crippen LogP) is 4.42. The van der Waals surface area contributed by atoms with Crippen LogP contribution in [-0.2, 0) is 0 Å². The summed E-state index contributed by atoms with van der Waals surface area (Å²) in [5.41, 5.74) is 10.8. The molecule has 2 heterocycles. The van der Waals surface area contributed by atoms with Crippen molar-refractivity contribution in [1.29, 1.82) is 0 Å². The van der Waals surface area contributed by atoms with Gasteiger partial charge >= 0.3 is 0 Å². The third-order valence-electron chi connectivity index (χ3n) is 4.13. The lowest BCUT2D eigenvalue weighted by molar-refractivity contribution is -0.384. The summed E-state index contributed by atoms with van der Waals surface area (Å²) < 4.78 is 4.65. The summed E-state index contributed by atoms with van der Waals surface area (Å²) in [4.78, 5) is 19.0. The van der Waals surface area contributed by atoms with Crippen LogP contribution in [0.5, 0.6) is 0 Å². The Bertz CT molecular complexity index is 1330. The maximum Gasteiger partial charge on any atom is 0.288 e. The van der Waals surface area contributed by atoms with Crippen molar-refractivity contribution in [2.45, 2.75) is 6.92 Å². The molecule has 12 nitrogen and oxygen atoms in total. The Morgan fingerprint density at radius 3 is 2.41 bits per heavy atom. The van der Waals surface area contributed by atoms with Gasteiger partial charge in [-0.25, -0.2) is 4.63 Å². The Morgan fingerprint density at radius 2 is 1.72 bits per heavy atom. The molecule has 0 saturated carbocycles. The average molecular weight is 474 g/mol. The number of aromatic nitrogens is 4. The van der Waals surface area contributed by atoms with Crippen LogP contribution >= 0.6 is 23.2 Å². The van der Waals surface area contributed by atoms with Gasteiger partial charge in [0, 0.05) is 11.6 Å². The molecule has 0 radical (unpaired) electrons. The maximum atomic E-state index is 11.1. The molecule has 14 heteroatoms. The maximum absolute atomic E-state index is 11.1. The molecule has 2 aromatic carbocycles. The summed E-state index contributed by atoms with van der Waals surface area (Å²) in [6.45, 7) is 1.98. The van der Waals surface area contributed by atoms with Crippen LogP contribution in [0.2, 0.25) is 10.0 Å². The molecule has 32 heavy (non-hydrogen) atoms. The SMILES string of the molecule is Cc1ccc(NNc2nc3nonc3nc2N/N=C/c2cc([N+](=O)[O-])c(Cl)cc2Cl)cc1. The number of hydrogen-bond acceptors (Lipinski definition) is 11. The minimum Gasteiger partial charge on any atom is -0.300 e. The van der Waals surface area contributed by atoms with Crippen LogP contribution in [0.3, 0.4) is 0 Å². The van der Waals surface area contributed by atoms with E-state index in [0.29, 0.717) is 0 Å². The summed E-state index contributed by atoms with van der Waals surface area (Å²) in [6, 6.07) is 10.1. The van der Waals surface area contributed by atoms with E-state index in [4.69, 9.17) is 23.2 Å². The number of anilines is 3. The Labute approximate surface area is 189 Å². The van der Waals surface area contributed by atoms with E-state index in [-0.39, 0.29) is 44.2 Å². The van der Waals surface area contributed by atoms with Crippen molar-refractivity contribution in [2.24, 2.45) is 5.10 Å².